The summed E-state index contributed by atoms with van der Waals surface area (Å²) in [6.45, 7) is 2.95. The SMILES string of the molecule is CC(NC(=O)c1sc(C(O)CN2CCCC2)nc1C(F)(F)F)c1cccc(OC(F)(F)F)c1. The first-order valence-corrected chi connectivity index (χ1v) is 10.8. The Bertz CT molecular complexity index is 973. The molecule has 1 aromatic carbocycles. The van der Waals surface area contributed by atoms with Crippen LogP contribution in [0.1, 0.15) is 57.8 Å². The minimum atomic E-state index is -4.93. The summed E-state index contributed by atoms with van der Waals surface area (Å²) in [5, 5.41) is 12.5. The number of carbonyl (C=O) groups is 1. The molecule has 1 aromatic heterocycles. The fraction of sp³-hybridized carbons (Fsp3) is 0.500. The Morgan fingerprint density at radius 2 is 1.91 bits per heavy atom. The number of aliphatic hydroxyl groups is 1. The van der Waals surface area contributed by atoms with Crippen LogP contribution in [0.5, 0.6) is 5.75 Å². The van der Waals surface area contributed by atoms with Crippen LogP contribution >= 0.6 is 11.3 Å². The number of benzene rings is 1. The number of hydrogen-bond donors (Lipinski definition) is 2. The van der Waals surface area contributed by atoms with Gasteiger partial charge in [0.1, 0.15) is 21.7 Å². The number of carbonyl (C=O) groups excluding carboxylic acids is 1. The van der Waals surface area contributed by atoms with E-state index in [9.17, 15) is 36.2 Å². The smallest absolute Gasteiger partial charge is 0.406 e. The summed E-state index contributed by atoms with van der Waals surface area (Å²) in [6.07, 6.45) is -9.28. The quantitative estimate of drug-likeness (QED) is 0.544. The molecule has 2 N–H and O–H groups in total. The van der Waals surface area contributed by atoms with Crippen molar-refractivity contribution in [1.29, 1.82) is 0 Å². The first-order chi connectivity index (χ1) is 15.3. The number of rotatable bonds is 7. The van der Waals surface area contributed by atoms with E-state index in [1.54, 1.807) is 0 Å². The molecular weight excluding hydrogens is 476 g/mol. The molecule has 0 aliphatic carbocycles. The van der Waals surface area contributed by atoms with Crippen LogP contribution in [-0.4, -0.2) is 46.9 Å². The Balaban J connectivity index is 1.78. The molecule has 2 aromatic rings. The highest BCUT2D eigenvalue weighted by Crippen LogP contribution is 2.37. The van der Waals surface area contributed by atoms with Crippen molar-refractivity contribution in [3.63, 3.8) is 0 Å². The second-order valence-corrected chi connectivity index (χ2v) is 8.60. The molecule has 0 bridgehead atoms. The lowest BCUT2D eigenvalue weighted by Gasteiger charge is -2.17. The molecule has 1 saturated heterocycles. The van der Waals surface area contributed by atoms with Crippen LogP contribution in [0.3, 0.4) is 0 Å². The van der Waals surface area contributed by atoms with Gasteiger partial charge in [-0.2, -0.15) is 13.2 Å². The number of likely N-dealkylation sites (tertiary alicyclic amines) is 1. The van der Waals surface area contributed by atoms with Crippen LogP contribution in [-0.2, 0) is 6.18 Å². The number of ether oxygens (including phenoxy) is 1. The Hall–Kier alpha value is -2.38. The fourth-order valence-corrected chi connectivity index (χ4v) is 4.41. The van der Waals surface area contributed by atoms with Crippen molar-refractivity contribution in [2.24, 2.45) is 0 Å². The van der Waals surface area contributed by atoms with Crippen molar-refractivity contribution in [1.82, 2.24) is 15.2 Å². The molecular formula is C20H21F6N3O3S. The number of thiazole rings is 1. The summed E-state index contributed by atoms with van der Waals surface area (Å²) in [4.78, 5) is 17.3. The Kier molecular flexibility index (Phi) is 7.54. The van der Waals surface area contributed by atoms with Gasteiger partial charge in [-0.25, -0.2) is 4.98 Å². The van der Waals surface area contributed by atoms with E-state index in [1.165, 1.54) is 19.1 Å². The molecule has 1 amide bonds. The third kappa shape index (κ3) is 6.81. The summed E-state index contributed by atoms with van der Waals surface area (Å²) in [7, 11) is 0. The van der Waals surface area contributed by atoms with Gasteiger partial charge in [0.2, 0.25) is 0 Å². The minimum Gasteiger partial charge on any atom is -0.406 e. The highest BCUT2D eigenvalue weighted by Gasteiger charge is 2.40. The first kappa shape index (κ1) is 25.2. The van der Waals surface area contributed by atoms with Crippen LogP contribution in [0.2, 0.25) is 0 Å². The molecule has 0 saturated carbocycles. The number of halogens is 6. The number of nitrogens with zero attached hydrogens (tertiary/aromatic N) is 2. The van der Waals surface area contributed by atoms with Crippen molar-refractivity contribution in [2.45, 2.75) is 44.4 Å². The van der Waals surface area contributed by atoms with Crippen LogP contribution in [0.15, 0.2) is 24.3 Å². The zero-order valence-corrected chi connectivity index (χ0v) is 18.2. The molecule has 3 rings (SSSR count). The van der Waals surface area contributed by atoms with E-state index in [2.05, 4.69) is 15.0 Å². The zero-order valence-electron chi connectivity index (χ0n) is 17.3. The van der Waals surface area contributed by atoms with Crippen molar-refractivity contribution in [3.8, 4) is 5.75 Å². The number of aromatic nitrogens is 1. The molecule has 1 aliphatic heterocycles. The molecule has 2 heterocycles. The van der Waals surface area contributed by atoms with Crippen LogP contribution in [0.4, 0.5) is 26.3 Å². The van der Waals surface area contributed by atoms with E-state index in [0.29, 0.717) is 11.3 Å². The number of nitrogens with one attached hydrogen (secondary N) is 1. The average molecular weight is 497 g/mol. The van der Waals surface area contributed by atoms with Crippen LogP contribution in [0, 0.1) is 0 Å². The van der Waals surface area contributed by atoms with Gasteiger partial charge in [0.15, 0.2) is 5.69 Å². The molecule has 33 heavy (non-hydrogen) atoms. The Labute approximate surface area is 189 Å². The molecule has 0 radical (unpaired) electrons. The van der Waals surface area contributed by atoms with Crippen LogP contribution in [0.25, 0.3) is 0 Å². The summed E-state index contributed by atoms with van der Waals surface area (Å²) in [5.41, 5.74) is -1.22. The molecule has 13 heteroatoms. The van der Waals surface area contributed by atoms with Crippen molar-refractivity contribution in [3.05, 3.63) is 45.4 Å². The van der Waals surface area contributed by atoms with Gasteiger partial charge in [-0.05, 0) is 50.6 Å². The lowest BCUT2D eigenvalue weighted by atomic mass is 10.1. The van der Waals surface area contributed by atoms with Gasteiger partial charge >= 0.3 is 12.5 Å². The zero-order chi connectivity index (χ0) is 24.4. The topological polar surface area (TPSA) is 74.7 Å². The van der Waals surface area contributed by atoms with Crippen molar-refractivity contribution in [2.75, 3.05) is 19.6 Å². The monoisotopic (exact) mass is 497 g/mol. The van der Waals surface area contributed by atoms with Gasteiger partial charge in [-0.1, -0.05) is 12.1 Å². The van der Waals surface area contributed by atoms with E-state index in [1.807, 2.05) is 4.90 Å². The average Bonchev–Trinajstić information content (AvgIpc) is 3.36. The summed E-state index contributed by atoms with van der Waals surface area (Å²) < 4.78 is 81.6. The standard InChI is InChI=1S/C20H21F6N3O3S/c1-11(12-5-4-6-13(9-12)32-20(24,25)26)27-17(31)15-16(19(21,22)23)28-18(33-15)14(30)10-29-7-2-3-8-29/h4-6,9,11,14,30H,2-3,7-8,10H2,1H3,(H,27,31). The van der Waals surface area contributed by atoms with Crippen LogP contribution < -0.4 is 10.1 Å². The van der Waals surface area contributed by atoms with Gasteiger partial charge in [0, 0.05) is 6.54 Å². The van der Waals surface area contributed by atoms with E-state index >= 15 is 0 Å². The second-order valence-electron chi connectivity index (χ2n) is 7.57. The number of hydrogen-bond acceptors (Lipinski definition) is 6. The van der Waals surface area contributed by atoms with Gasteiger partial charge in [-0.3, -0.25) is 4.79 Å². The highest BCUT2D eigenvalue weighted by atomic mass is 32.1. The van der Waals surface area contributed by atoms with E-state index < -0.39 is 46.9 Å². The molecule has 182 valence electrons. The van der Waals surface area contributed by atoms with Gasteiger partial charge < -0.3 is 20.1 Å². The first-order valence-electron chi connectivity index (χ1n) is 9.98. The third-order valence-corrected chi connectivity index (χ3v) is 6.13. The normalized spacial score (nSPS) is 17.1. The molecule has 2 atom stereocenters. The minimum absolute atomic E-state index is 0.105. The third-order valence-electron chi connectivity index (χ3n) is 4.97. The maximum absolute atomic E-state index is 13.5. The van der Waals surface area contributed by atoms with Crippen molar-refractivity contribution < 1.29 is 41.0 Å². The Morgan fingerprint density at radius 1 is 1.24 bits per heavy atom. The maximum Gasteiger partial charge on any atom is 0.573 e. The number of β-amino-alcohol motifs (C(OH)–C–C–N with tert-alkyl or cyclic N) is 1. The second kappa shape index (κ2) is 9.85. The maximum atomic E-state index is 13.5. The molecule has 1 fully saturated rings. The number of aliphatic hydroxyl groups excluding tert-OH is 1. The molecule has 0 spiro atoms. The Morgan fingerprint density at radius 3 is 2.52 bits per heavy atom. The van der Waals surface area contributed by atoms with Gasteiger partial charge in [0.25, 0.3) is 5.91 Å². The summed E-state index contributed by atoms with van der Waals surface area (Å²) in [5.74, 6) is -1.63. The van der Waals surface area contributed by atoms with E-state index in [0.717, 1.165) is 38.1 Å². The summed E-state index contributed by atoms with van der Waals surface area (Å²) in [6, 6.07) is 3.82. The molecule has 2 unspecified atom stereocenters. The fourth-order valence-electron chi connectivity index (χ4n) is 3.44. The summed E-state index contributed by atoms with van der Waals surface area (Å²) >= 11 is 0.441. The predicted octanol–water partition coefficient (Wildman–Crippen LogP) is 4.68. The number of amides is 1. The van der Waals surface area contributed by atoms with E-state index in [-0.39, 0.29) is 17.1 Å². The molecule has 1 aliphatic rings. The molecule has 6 nitrogen and oxygen atoms in total. The lowest BCUT2D eigenvalue weighted by molar-refractivity contribution is -0.274. The lowest BCUT2D eigenvalue weighted by Crippen LogP contribution is -2.28. The van der Waals surface area contributed by atoms with Crippen molar-refractivity contribution >= 4 is 17.2 Å². The van der Waals surface area contributed by atoms with Gasteiger partial charge in [-0.15, -0.1) is 24.5 Å². The predicted molar refractivity (Wildman–Crippen MR) is 107 cm³/mol. The highest BCUT2D eigenvalue weighted by molar-refractivity contribution is 7.13. The number of alkyl halides is 6. The van der Waals surface area contributed by atoms with Gasteiger partial charge in [0.05, 0.1) is 6.04 Å². The largest absolute Gasteiger partial charge is 0.573 e. The van der Waals surface area contributed by atoms with E-state index in [4.69, 9.17) is 0 Å².